The summed E-state index contributed by atoms with van der Waals surface area (Å²) in [6.07, 6.45) is 4.43. The largest absolute Gasteiger partial charge is 0.307 e. The molecule has 1 fully saturated rings. The number of hydrogen-bond donors (Lipinski definition) is 1. The zero-order valence-corrected chi connectivity index (χ0v) is 11.5. The molecule has 1 N–H and O–H groups in total. The third-order valence-electron chi connectivity index (χ3n) is 3.50. The molecule has 1 saturated carbocycles. The number of benzene rings is 1. The summed E-state index contributed by atoms with van der Waals surface area (Å²) in [5.74, 6) is 0.880. The van der Waals surface area contributed by atoms with Crippen LogP contribution in [0.25, 0.3) is 11.3 Å². The van der Waals surface area contributed by atoms with Gasteiger partial charge in [0.15, 0.2) is 0 Å². The summed E-state index contributed by atoms with van der Waals surface area (Å²) in [6.45, 7) is 5.00. The van der Waals surface area contributed by atoms with E-state index in [1.54, 1.807) is 0 Å². The maximum absolute atomic E-state index is 4.67. The zero-order chi connectivity index (χ0) is 13.2. The number of hydrogen-bond acceptors (Lipinski definition) is 3. The first-order valence-electron chi connectivity index (χ1n) is 6.85. The maximum atomic E-state index is 4.67. The highest BCUT2D eigenvalue weighted by Crippen LogP contribution is 2.23. The quantitative estimate of drug-likeness (QED) is 0.910. The predicted octanol–water partition coefficient (Wildman–Crippen LogP) is 3.01. The molecule has 3 rings (SSSR count). The molecule has 19 heavy (non-hydrogen) atoms. The van der Waals surface area contributed by atoms with Crippen LogP contribution in [0.1, 0.15) is 29.8 Å². The molecule has 0 amide bonds. The van der Waals surface area contributed by atoms with Crippen molar-refractivity contribution in [1.82, 2.24) is 15.3 Å². The van der Waals surface area contributed by atoms with Gasteiger partial charge in [-0.05, 0) is 44.4 Å². The molecule has 1 aliphatic rings. The van der Waals surface area contributed by atoms with Crippen molar-refractivity contribution in [2.45, 2.75) is 39.3 Å². The number of aryl methyl sites for hydroxylation is 2. The Balaban J connectivity index is 1.86. The summed E-state index contributed by atoms with van der Waals surface area (Å²) in [7, 11) is 0. The van der Waals surface area contributed by atoms with Crippen LogP contribution in [0.4, 0.5) is 0 Å². The molecule has 2 aromatic rings. The van der Waals surface area contributed by atoms with Crippen LogP contribution in [0.2, 0.25) is 0 Å². The van der Waals surface area contributed by atoms with Crippen molar-refractivity contribution in [2.24, 2.45) is 0 Å². The fourth-order valence-electron chi connectivity index (χ4n) is 2.17. The standard InChI is InChI=1S/C16H19N3/c1-11-3-4-12(2)14(9-11)15-7-8-17-16(19-15)10-18-13-5-6-13/h3-4,7-9,13,18H,5-6,10H2,1-2H3. The van der Waals surface area contributed by atoms with Crippen LogP contribution < -0.4 is 5.32 Å². The first-order chi connectivity index (χ1) is 9.22. The van der Waals surface area contributed by atoms with Crippen molar-refractivity contribution in [1.29, 1.82) is 0 Å². The summed E-state index contributed by atoms with van der Waals surface area (Å²) in [5.41, 5.74) is 4.74. The molecule has 1 aliphatic carbocycles. The third kappa shape index (κ3) is 2.99. The van der Waals surface area contributed by atoms with Crippen molar-refractivity contribution >= 4 is 0 Å². The molecular formula is C16H19N3. The van der Waals surface area contributed by atoms with Crippen LogP contribution in [0.5, 0.6) is 0 Å². The van der Waals surface area contributed by atoms with Crippen LogP contribution in [0.15, 0.2) is 30.5 Å². The second-order valence-electron chi connectivity index (χ2n) is 5.33. The summed E-state index contributed by atoms with van der Waals surface area (Å²) in [5, 5.41) is 3.45. The Kier molecular flexibility index (Phi) is 3.30. The fraction of sp³-hybridized carbons (Fsp3) is 0.375. The molecule has 98 valence electrons. The van der Waals surface area contributed by atoms with Gasteiger partial charge in [-0.1, -0.05) is 17.7 Å². The molecular weight excluding hydrogens is 234 g/mol. The Morgan fingerprint density at radius 3 is 2.84 bits per heavy atom. The van der Waals surface area contributed by atoms with Crippen LogP contribution in [-0.4, -0.2) is 16.0 Å². The highest BCUT2D eigenvalue weighted by atomic mass is 15.0. The number of nitrogens with one attached hydrogen (secondary N) is 1. The summed E-state index contributed by atoms with van der Waals surface area (Å²) >= 11 is 0. The minimum Gasteiger partial charge on any atom is -0.307 e. The molecule has 0 atom stereocenters. The summed E-state index contributed by atoms with van der Waals surface area (Å²) < 4.78 is 0. The topological polar surface area (TPSA) is 37.8 Å². The van der Waals surface area contributed by atoms with Gasteiger partial charge >= 0.3 is 0 Å². The molecule has 1 aromatic heterocycles. The molecule has 0 bridgehead atoms. The average Bonchev–Trinajstić information content (AvgIpc) is 3.24. The molecule has 3 heteroatoms. The lowest BCUT2D eigenvalue weighted by Gasteiger charge is -2.08. The lowest BCUT2D eigenvalue weighted by molar-refractivity contribution is 0.658. The monoisotopic (exact) mass is 253 g/mol. The van der Waals surface area contributed by atoms with Crippen LogP contribution >= 0.6 is 0 Å². The molecule has 1 heterocycles. The van der Waals surface area contributed by atoms with E-state index in [0.717, 1.165) is 18.1 Å². The number of rotatable bonds is 4. The van der Waals surface area contributed by atoms with Gasteiger partial charge < -0.3 is 5.32 Å². The Hall–Kier alpha value is -1.74. The van der Waals surface area contributed by atoms with Gasteiger partial charge in [0.2, 0.25) is 0 Å². The van der Waals surface area contributed by atoms with Gasteiger partial charge in [0.25, 0.3) is 0 Å². The van der Waals surface area contributed by atoms with E-state index in [2.05, 4.69) is 47.3 Å². The van der Waals surface area contributed by atoms with Gasteiger partial charge in [-0.15, -0.1) is 0 Å². The van der Waals surface area contributed by atoms with Gasteiger partial charge in [-0.3, -0.25) is 0 Å². The van der Waals surface area contributed by atoms with E-state index >= 15 is 0 Å². The second-order valence-corrected chi connectivity index (χ2v) is 5.33. The number of aromatic nitrogens is 2. The van der Waals surface area contributed by atoms with Crippen LogP contribution in [-0.2, 0) is 6.54 Å². The predicted molar refractivity (Wildman–Crippen MR) is 76.8 cm³/mol. The van der Waals surface area contributed by atoms with E-state index in [1.165, 1.54) is 29.5 Å². The van der Waals surface area contributed by atoms with E-state index in [-0.39, 0.29) is 0 Å². The smallest absolute Gasteiger partial charge is 0.142 e. The Bertz CT molecular complexity index is 588. The van der Waals surface area contributed by atoms with Gasteiger partial charge in [0.05, 0.1) is 12.2 Å². The highest BCUT2D eigenvalue weighted by molar-refractivity contribution is 5.64. The van der Waals surface area contributed by atoms with Crippen molar-refractivity contribution in [3.63, 3.8) is 0 Å². The Labute approximate surface area is 114 Å². The Morgan fingerprint density at radius 2 is 2.05 bits per heavy atom. The van der Waals surface area contributed by atoms with Crippen LogP contribution in [0, 0.1) is 13.8 Å². The van der Waals surface area contributed by atoms with Gasteiger partial charge in [-0.2, -0.15) is 0 Å². The lowest BCUT2D eigenvalue weighted by Crippen LogP contribution is -2.17. The van der Waals surface area contributed by atoms with E-state index in [4.69, 9.17) is 0 Å². The average molecular weight is 253 g/mol. The third-order valence-corrected chi connectivity index (χ3v) is 3.50. The van der Waals surface area contributed by atoms with Crippen molar-refractivity contribution < 1.29 is 0 Å². The molecule has 0 radical (unpaired) electrons. The highest BCUT2D eigenvalue weighted by Gasteiger charge is 2.20. The Morgan fingerprint density at radius 1 is 1.21 bits per heavy atom. The van der Waals surface area contributed by atoms with Crippen molar-refractivity contribution in [3.05, 3.63) is 47.4 Å². The maximum Gasteiger partial charge on any atom is 0.142 e. The molecule has 3 nitrogen and oxygen atoms in total. The SMILES string of the molecule is Cc1ccc(C)c(-c2ccnc(CNC3CC3)n2)c1. The molecule has 0 saturated heterocycles. The van der Waals surface area contributed by atoms with Gasteiger partial charge in [0, 0.05) is 17.8 Å². The van der Waals surface area contributed by atoms with E-state index in [9.17, 15) is 0 Å². The molecule has 1 aromatic carbocycles. The normalized spacial score (nSPS) is 14.6. The lowest BCUT2D eigenvalue weighted by atomic mass is 10.0. The van der Waals surface area contributed by atoms with Crippen LogP contribution in [0.3, 0.4) is 0 Å². The zero-order valence-electron chi connectivity index (χ0n) is 11.5. The van der Waals surface area contributed by atoms with E-state index in [0.29, 0.717) is 6.04 Å². The molecule has 0 unspecified atom stereocenters. The minimum absolute atomic E-state index is 0.688. The number of nitrogens with zero attached hydrogens (tertiary/aromatic N) is 2. The fourth-order valence-corrected chi connectivity index (χ4v) is 2.17. The van der Waals surface area contributed by atoms with E-state index < -0.39 is 0 Å². The van der Waals surface area contributed by atoms with Crippen molar-refractivity contribution in [2.75, 3.05) is 0 Å². The minimum atomic E-state index is 0.688. The van der Waals surface area contributed by atoms with Crippen molar-refractivity contribution in [3.8, 4) is 11.3 Å². The first-order valence-corrected chi connectivity index (χ1v) is 6.85. The first kappa shape index (κ1) is 12.3. The second kappa shape index (κ2) is 5.10. The van der Waals surface area contributed by atoms with Gasteiger partial charge in [0.1, 0.15) is 5.82 Å². The summed E-state index contributed by atoms with van der Waals surface area (Å²) in [4.78, 5) is 9.01. The van der Waals surface area contributed by atoms with E-state index in [1.807, 2.05) is 12.3 Å². The molecule has 0 aliphatic heterocycles. The van der Waals surface area contributed by atoms with Gasteiger partial charge in [-0.25, -0.2) is 9.97 Å². The molecule has 0 spiro atoms. The summed E-state index contributed by atoms with van der Waals surface area (Å²) in [6, 6.07) is 9.15.